The summed E-state index contributed by atoms with van der Waals surface area (Å²) in [6.45, 7) is 3.09. The summed E-state index contributed by atoms with van der Waals surface area (Å²) in [6.07, 6.45) is 0.906. The Morgan fingerprint density at radius 3 is 2.40 bits per heavy atom. The Kier molecular flexibility index (Phi) is 7.68. The Morgan fingerprint density at radius 2 is 1.76 bits per heavy atom. The van der Waals surface area contributed by atoms with Crippen molar-refractivity contribution in [2.45, 2.75) is 43.8 Å². The van der Waals surface area contributed by atoms with Crippen molar-refractivity contribution in [1.82, 2.24) is 15.1 Å². The lowest BCUT2D eigenvalue weighted by atomic mass is 9.90. The van der Waals surface area contributed by atoms with Crippen LogP contribution < -0.4 is 5.32 Å². The number of nitrogens with zero attached hydrogens (tertiary/aromatic N) is 2. The molecule has 1 amide bonds. The molecule has 1 fully saturated rings. The number of carboxylic acid groups (broad SMARTS) is 1. The van der Waals surface area contributed by atoms with Crippen LogP contribution in [0.5, 0.6) is 0 Å². The van der Waals surface area contributed by atoms with Crippen LogP contribution in [0.3, 0.4) is 0 Å². The zero-order valence-corrected chi connectivity index (χ0v) is 23.4. The molecule has 6 rings (SSSR count). The Labute approximate surface area is 241 Å². The van der Waals surface area contributed by atoms with E-state index in [0.717, 1.165) is 52.8 Å². The number of halogens is 3. The minimum absolute atomic E-state index is 0.135. The highest BCUT2D eigenvalue weighted by molar-refractivity contribution is 6.10. The molecule has 2 atom stereocenters. The van der Waals surface area contributed by atoms with Crippen LogP contribution in [0.4, 0.5) is 18.9 Å². The van der Waals surface area contributed by atoms with Crippen LogP contribution in [0.15, 0.2) is 60.7 Å². The minimum atomic E-state index is -5.08. The maximum atomic E-state index is 13.0. The number of H-pyrrole nitrogens is 1. The van der Waals surface area contributed by atoms with Gasteiger partial charge in [0.25, 0.3) is 0 Å². The van der Waals surface area contributed by atoms with Gasteiger partial charge in [-0.3, -0.25) is 9.89 Å². The molecule has 42 heavy (non-hydrogen) atoms. The molecule has 4 aromatic rings. The summed E-state index contributed by atoms with van der Waals surface area (Å²) in [6, 6.07) is 21.5. The minimum Gasteiger partial charge on any atom is -0.475 e. The summed E-state index contributed by atoms with van der Waals surface area (Å²) in [4.78, 5) is 24.1. The number of carbonyl (C=O) groups excluding carboxylic acids is 1. The molecule has 7 nitrogen and oxygen atoms in total. The fraction of sp³-hybridized carbons (Fsp3) is 0.281. The number of fused-ring (bicyclic) bond motifs is 3. The van der Waals surface area contributed by atoms with Crippen LogP contribution in [0.1, 0.15) is 52.8 Å². The summed E-state index contributed by atoms with van der Waals surface area (Å²) in [5.74, 6) is -2.42. The predicted molar refractivity (Wildman–Crippen MR) is 156 cm³/mol. The number of aromatic amines is 1. The normalized spacial score (nSPS) is 19.2. The molecule has 1 saturated carbocycles. The van der Waals surface area contributed by atoms with Crippen molar-refractivity contribution >= 4 is 40.6 Å². The predicted octanol–water partition coefficient (Wildman–Crippen LogP) is 6.37. The van der Waals surface area contributed by atoms with Crippen molar-refractivity contribution in [3.8, 4) is 0 Å². The molecule has 218 valence electrons. The van der Waals surface area contributed by atoms with E-state index in [0.29, 0.717) is 0 Å². The standard InChI is InChI=1S/C30H30N4O.C2HF3O2/c1-4-19-9-14-27-24(15-19)30(29(35)31-27)17-25(30)22-11-12-23-26(32-33-28(23)16-22)13-10-20-5-7-21(8-6-20)18-34(2)3;3-2(4,5)1(6)7/h5-16,25H,4,17-18H2,1-3H3,(H,31,35)(H,32,33);(H,6,7)/t25-,30-;/m0./s1. The number of nitrogens with one attached hydrogen (secondary N) is 2. The van der Waals surface area contributed by atoms with Gasteiger partial charge in [0.15, 0.2) is 0 Å². The second kappa shape index (κ2) is 11.1. The van der Waals surface area contributed by atoms with Crippen molar-refractivity contribution in [2.75, 3.05) is 19.4 Å². The monoisotopic (exact) mass is 576 g/mol. The van der Waals surface area contributed by atoms with Crippen LogP contribution in [0, 0.1) is 0 Å². The number of aliphatic carboxylic acids is 1. The lowest BCUT2D eigenvalue weighted by molar-refractivity contribution is -0.192. The van der Waals surface area contributed by atoms with Gasteiger partial charge < -0.3 is 15.3 Å². The number of rotatable bonds is 6. The van der Waals surface area contributed by atoms with E-state index in [1.54, 1.807) is 0 Å². The third kappa shape index (κ3) is 5.67. The number of benzene rings is 3. The highest BCUT2D eigenvalue weighted by Gasteiger charge is 2.65. The average molecular weight is 577 g/mol. The van der Waals surface area contributed by atoms with Gasteiger partial charge in [-0.25, -0.2) is 4.79 Å². The van der Waals surface area contributed by atoms with Gasteiger partial charge in [-0.2, -0.15) is 18.3 Å². The van der Waals surface area contributed by atoms with E-state index in [1.807, 2.05) is 0 Å². The first-order valence-electron chi connectivity index (χ1n) is 13.6. The van der Waals surface area contributed by atoms with Gasteiger partial charge in [0.1, 0.15) is 0 Å². The fourth-order valence-corrected chi connectivity index (χ4v) is 5.54. The van der Waals surface area contributed by atoms with Crippen molar-refractivity contribution in [2.24, 2.45) is 0 Å². The molecule has 0 bridgehead atoms. The van der Waals surface area contributed by atoms with Gasteiger partial charge in [0, 0.05) is 23.5 Å². The number of anilines is 1. The smallest absolute Gasteiger partial charge is 0.475 e. The molecule has 10 heteroatoms. The van der Waals surface area contributed by atoms with Crippen molar-refractivity contribution in [1.29, 1.82) is 0 Å². The first-order valence-corrected chi connectivity index (χ1v) is 13.6. The van der Waals surface area contributed by atoms with Crippen molar-refractivity contribution in [3.05, 3.63) is 94.2 Å². The third-order valence-electron chi connectivity index (χ3n) is 7.76. The van der Waals surface area contributed by atoms with Crippen LogP contribution in [-0.2, 0) is 28.0 Å². The zero-order chi connectivity index (χ0) is 30.2. The Bertz CT molecular complexity index is 1670. The summed E-state index contributed by atoms with van der Waals surface area (Å²) in [5, 5.41) is 19.1. The largest absolute Gasteiger partial charge is 0.490 e. The third-order valence-corrected chi connectivity index (χ3v) is 7.76. The Hall–Kier alpha value is -4.44. The first kappa shape index (κ1) is 29.1. The Balaban J connectivity index is 0.000000451. The lowest BCUT2D eigenvalue weighted by Crippen LogP contribution is -2.21. The number of carbonyl (C=O) groups is 2. The molecule has 1 aromatic heterocycles. The maximum absolute atomic E-state index is 13.0. The van der Waals surface area contributed by atoms with Gasteiger partial charge in [-0.1, -0.05) is 61.5 Å². The molecule has 1 spiro atoms. The number of hydrogen-bond donors (Lipinski definition) is 3. The fourth-order valence-electron chi connectivity index (χ4n) is 5.54. The zero-order valence-electron chi connectivity index (χ0n) is 23.4. The Morgan fingerprint density at radius 1 is 1.07 bits per heavy atom. The topological polar surface area (TPSA) is 98.3 Å². The van der Waals surface area contributed by atoms with E-state index in [4.69, 9.17) is 9.90 Å². The number of aromatic nitrogens is 2. The van der Waals surface area contributed by atoms with Crippen LogP contribution in [-0.4, -0.2) is 52.4 Å². The number of alkyl halides is 3. The van der Waals surface area contributed by atoms with Gasteiger partial charge in [0.2, 0.25) is 5.91 Å². The number of amides is 1. The molecule has 1 aliphatic heterocycles. The molecule has 0 radical (unpaired) electrons. The van der Waals surface area contributed by atoms with E-state index in [-0.39, 0.29) is 11.8 Å². The maximum Gasteiger partial charge on any atom is 0.490 e. The SMILES string of the molecule is CCc1ccc2c(c1)[C@]1(C[C@H]1c1ccc3c(C=Cc4ccc(CN(C)C)cc4)n[nH]c3c1)C(=O)N2.O=C(O)C(F)(F)F. The first-order chi connectivity index (χ1) is 19.9. The van der Waals surface area contributed by atoms with Gasteiger partial charge >= 0.3 is 12.1 Å². The van der Waals surface area contributed by atoms with Crippen LogP contribution in [0.2, 0.25) is 0 Å². The second-order valence-corrected chi connectivity index (χ2v) is 10.9. The van der Waals surface area contributed by atoms with Crippen molar-refractivity contribution < 1.29 is 27.9 Å². The molecular weight excluding hydrogens is 545 g/mol. The molecule has 3 aromatic carbocycles. The van der Waals surface area contributed by atoms with Crippen LogP contribution >= 0.6 is 0 Å². The molecular formula is C32H31F3N4O3. The summed E-state index contributed by atoms with van der Waals surface area (Å²) in [5.41, 5.74) is 8.56. The average Bonchev–Trinajstić information content (AvgIpc) is 3.48. The molecule has 2 aliphatic rings. The van der Waals surface area contributed by atoms with E-state index >= 15 is 0 Å². The van der Waals surface area contributed by atoms with Crippen LogP contribution in [0.25, 0.3) is 23.1 Å². The molecule has 0 saturated heterocycles. The summed E-state index contributed by atoms with van der Waals surface area (Å²) in [7, 11) is 4.16. The number of carboxylic acids is 1. The van der Waals surface area contributed by atoms with E-state index in [2.05, 4.69) is 114 Å². The molecule has 2 heterocycles. The molecule has 3 N–H and O–H groups in total. The van der Waals surface area contributed by atoms with Gasteiger partial charge in [0.05, 0.1) is 16.6 Å². The van der Waals surface area contributed by atoms with E-state index < -0.39 is 17.6 Å². The van der Waals surface area contributed by atoms with Gasteiger partial charge in [-0.15, -0.1) is 0 Å². The molecule has 1 aliphatic carbocycles. The number of aryl methyl sites for hydroxylation is 1. The lowest BCUT2D eigenvalue weighted by Gasteiger charge is -2.10. The second-order valence-electron chi connectivity index (χ2n) is 10.9. The summed E-state index contributed by atoms with van der Waals surface area (Å²) >= 11 is 0. The highest BCUT2D eigenvalue weighted by atomic mass is 19.4. The highest BCUT2D eigenvalue weighted by Crippen LogP contribution is 2.65. The number of hydrogen-bond acceptors (Lipinski definition) is 4. The quantitative estimate of drug-likeness (QED) is 0.248. The molecule has 0 unspecified atom stereocenters. The van der Waals surface area contributed by atoms with E-state index in [9.17, 15) is 18.0 Å². The van der Waals surface area contributed by atoms with Gasteiger partial charge in [-0.05, 0) is 73.0 Å². The summed E-state index contributed by atoms with van der Waals surface area (Å²) < 4.78 is 31.7. The van der Waals surface area contributed by atoms with Crippen molar-refractivity contribution in [3.63, 3.8) is 0 Å². The van der Waals surface area contributed by atoms with E-state index in [1.165, 1.54) is 16.7 Å².